The van der Waals surface area contributed by atoms with Gasteiger partial charge in [-0.05, 0) is 43.2 Å². The maximum Gasteiger partial charge on any atom is 0.330 e. The lowest BCUT2D eigenvalue weighted by Crippen LogP contribution is -2.53. The first kappa shape index (κ1) is 27.2. The first-order chi connectivity index (χ1) is 14.2. The predicted molar refractivity (Wildman–Crippen MR) is 130 cm³/mol. The second-order valence-corrected chi connectivity index (χ2v) is 21.6. The standard InChI is InChI=1S/C22H41FN2O5Si2/c1-20(2,3)31(8,9)28-14-15-17(30-32(10,11)21(4,5)6)22(7,23)18(29-15)25-13-12-16(26)24-19(25)27/h12-13,15,17-18H,14H2,1-11H3,(H,24,26,27)/t15-,17-,18+,22-/m1/s1. The van der Waals surface area contributed by atoms with Gasteiger partial charge in [0.05, 0.1) is 6.61 Å². The topological polar surface area (TPSA) is 82.5 Å². The van der Waals surface area contributed by atoms with E-state index in [1.807, 2.05) is 0 Å². The number of nitrogens with zero attached hydrogens (tertiary/aromatic N) is 1. The molecule has 1 aromatic rings. The Morgan fingerprint density at radius 2 is 1.62 bits per heavy atom. The van der Waals surface area contributed by atoms with Crippen molar-refractivity contribution < 1.29 is 18.0 Å². The zero-order valence-corrected chi connectivity index (χ0v) is 23.5. The van der Waals surface area contributed by atoms with Gasteiger partial charge in [0.2, 0.25) is 0 Å². The van der Waals surface area contributed by atoms with Crippen LogP contribution < -0.4 is 11.2 Å². The first-order valence-electron chi connectivity index (χ1n) is 11.2. The van der Waals surface area contributed by atoms with Crippen molar-refractivity contribution in [3.8, 4) is 0 Å². The molecular weight excluding hydrogens is 447 g/mol. The Morgan fingerprint density at radius 1 is 1.09 bits per heavy atom. The molecule has 1 N–H and O–H groups in total. The minimum Gasteiger partial charge on any atom is -0.414 e. The Balaban J connectivity index is 2.46. The second kappa shape index (κ2) is 8.61. The molecule has 1 aliphatic rings. The molecule has 7 nitrogen and oxygen atoms in total. The van der Waals surface area contributed by atoms with Crippen molar-refractivity contribution in [1.82, 2.24) is 9.55 Å². The van der Waals surface area contributed by atoms with Crippen LogP contribution in [-0.2, 0) is 13.6 Å². The van der Waals surface area contributed by atoms with Crippen molar-refractivity contribution in [2.24, 2.45) is 0 Å². The van der Waals surface area contributed by atoms with Gasteiger partial charge in [0.1, 0.15) is 12.2 Å². The number of hydrogen-bond acceptors (Lipinski definition) is 5. The number of H-pyrrole nitrogens is 1. The maximum atomic E-state index is 16.4. The number of ether oxygens (including phenoxy) is 1. The predicted octanol–water partition coefficient (Wildman–Crippen LogP) is 4.57. The molecule has 4 atom stereocenters. The van der Waals surface area contributed by atoms with Crippen LogP contribution in [0.25, 0.3) is 0 Å². The summed E-state index contributed by atoms with van der Waals surface area (Å²) in [5, 5.41) is -0.156. The molecule has 0 amide bonds. The lowest BCUT2D eigenvalue weighted by atomic mass is 9.98. The molecular formula is C22H41FN2O5Si2. The summed E-state index contributed by atoms with van der Waals surface area (Å²) in [6, 6.07) is 1.18. The highest BCUT2D eigenvalue weighted by Crippen LogP contribution is 2.47. The van der Waals surface area contributed by atoms with Crippen LogP contribution in [0.15, 0.2) is 21.9 Å². The van der Waals surface area contributed by atoms with Crippen molar-refractivity contribution in [3.05, 3.63) is 33.1 Å². The molecule has 10 heteroatoms. The average Bonchev–Trinajstić information content (AvgIpc) is 2.82. The molecule has 0 unspecified atom stereocenters. The van der Waals surface area contributed by atoms with Gasteiger partial charge in [0, 0.05) is 12.3 Å². The van der Waals surface area contributed by atoms with Crippen LogP contribution in [0.5, 0.6) is 0 Å². The van der Waals surface area contributed by atoms with E-state index < -0.39 is 52.0 Å². The van der Waals surface area contributed by atoms with Gasteiger partial charge in [-0.15, -0.1) is 0 Å². The molecule has 0 aromatic carbocycles. The summed E-state index contributed by atoms with van der Waals surface area (Å²) in [6.45, 7) is 22.7. The van der Waals surface area contributed by atoms with Crippen molar-refractivity contribution in [3.63, 3.8) is 0 Å². The molecule has 184 valence electrons. The van der Waals surface area contributed by atoms with Gasteiger partial charge < -0.3 is 13.6 Å². The molecule has 2 heterocycles. The van der Waals surface area contributed by atoms with Crippen molar-refractivity contribution >= 4 is 16.6 Å². The van der Waals surface area contributed by atoms with Gasteiger partial charge >= 0.3 is 5.69 Å². The van der Waals surface area contributed by atoms with Crippen LogP contribution >= 0.6 is 0 Å². The molecule has 32 heavy (non-hydrogen) atoms. The Bertz CT molecular complexity index is 928. The molecule has 2 rings (SSSR count). The fraction of sp³-hybridized carbons (Fsp3) is 0.818. The van der Waals surface area contributed by atoms with Gasteiger partial charge in [0.25, 0.3) is 5.56 Å². The third-order valence-corrected chi connectivity index (χ3v) is 16.4. The van der Waals surface area contributed by atoms with Gasteiger partial charge in [-0.1, -0.05) is 41.5 Å². The maximum absolute atomic E-state index is 16.4. The fourth-order valence-corrected chi connectivity index (χ4v) is 5.53. The van der Waals surface area contributed by atoms with Gasteiger partial charge in [0.15, 0.2) is 28.5 Å². The summed E-state index contributed by atoms with van der Waals surface area (Å²) in [5.74, 6) is 0. The van der Waals surface area contributed by atoms with Crippen LogP contribution in [0.2, 0.25) is 36.3 Å². The third-order valence-electron chi connectivity index (χ3n) is 7.43. The largest absolute Gasteiger partial charge is 0.414 e. The Labute approximate surface area is 192 Å². The van der Waals surface area contributed by atoms with Gasteiger partial charge in [-0.3, -0.25) is 14.3 Å². The summed E-state index contributed by atoms with van der Waals surface area (Å²) in [4.78, 5) is 26.1. The fourth-order valence-electron chi connectivity index (χ4n) is 3.14. The molecule has 0 spiro atoms. The lowest BCUT2D eigenvalue weighted by Gasteiger charge is -2.42. The average molecular weight is 489 g/mol. The van der Waals surface area contributed by atoms with Crippen molar-refractivity contribution in [2.75, 3.05) is 6.61 Å². The number of alkyl halides is 1. The van der Waals surface area contributed by atoms with Crippen LogP contribution in [0, 0.1) is 0 Å². The van der Waals surface area contributed by atoms with E-state index >= 15 is 4.39 Å². The molecule has 0 radical (unpaired) electrons. The van der Waals surface area contributed by atoms with E-state index in [-0.39, 0.29) is 16.7 Å². The van der Waals surface area contributed by atoms with E-state index in [9.17, 15) is 9.59 Å². The SMILES string of the molecule is CC(C)(C)[Si](C)(C)OC[C@H]1O[C@H](n2ccc(=O)[nH]c2=O)[C@](C)(F)[C@@H]1O[Si](C)(C)C(C)(C)C. The third kappa shape index (κ3) is 5.35. The normalized spacial score (nSPS) is 27.7. The minimum atomic E-state index is -2.37. The monoisotopic (exact) mass is 488 g/mol. The highest BCUT2D eigenvalue weighted by atomic mass is 28.4. The number of aromatic nitrogens is 2. The second-order valence-electron chi connectivity index (χ2n) is 12.1. The minimum absolute atomic E-state index is 0.0182. The summed E-state index contributed by atoms with van der Waals surface area (Å²) in [5.41, 5.74) is -3.28. The highest BCUT2D eigenvalue weighted by molar-refractivity contribution is 6.74. The quantitative estimate of drug-likeness (QED) is 0.593. The number of hydrogen-bond donors (Lipinski definition) is 1. The molecule has 1 saturated heterocycles. The Hall–Kier alpha value is -1.08. The van der Waals surface area contributed by atoms with Crippen molar-refractivity contribution in [1.29, 1.82) is 0 Å². The lowest BCUT2D eigenvalue weighted by molar-refractivity contribution is -0.0597. The Morgan fingerprint density at radius 3 is 2.09 bits per heavy atom. The van der Waals surface area contributed by atoms with E-state index in [1.54, 1.807) is 0 Å². The van der Waals surface area contributed by atoms with E-state index in [2.05, 4.69) is 72.7 Å². The summed E-state index contributed by atoms with van der Waals surface area (Å²) in [7, 11) is -4.50. The number of aromatic amines is 1. The highest BCUT2D eigenvalue weighted by Gasteiger charge is 2.59. The van der Waals surface area contributed by atoms with Gasteiger partial charge in [-0.2, -0.15) is 0 Å². The number of halogens is 1. The molecule has 1 aromatic heterocycles. The molecule has 0 saturated carbocycles. The number of nitrogens with one attached hydrogen (secondary N) is 1. The smallest absolute Gasteiger partial charge is 0.330 e. The van der Waals surface area contributed by atoms with E-state index in [4.69, 9.17) is 13.6 Å². The van der Waals surface area contributed by atoms with E-state index in [0.29, 0.717) is 0 Å². The Kier molecular flexibility index (Phi) is 7.31. The summed E-state index contributed by atoms with van der Waals surface area (Å²) >= 11 is 0. The van der Waals surface area contributed by atoms with E-state index in [0.717, 1.165) is 4.57 Å². The molecule has 1 aliphatic heterocycles. The van der Waals surface area contributed by atoms with Crippen LogP contribution in [0.3, 0.4) is 0 Å². The van der Waals surface area contributed by atoms with Crippen LogP contribution in [-0.4, -0.2) is 50.7 Å². The number of rotatable bonds is 6. The van der Waals surface area contributed by atoms with Crippen LogP contribution in [0.4, 0.5) is 4.39 Å². The van der Waals surface area contributed by atoms with Gasteiger partial charge in [-0.25, -0.2) is 9.18 Å². The first-order valence-corrected chi connectivity index (χ1v) is 17.0. The van der Waals surface area contributed by atoms with Crippen LogP contribution in [0.1, 0.15) is 54.7 Å². The summed E-state index contributed by atoms with van der Waals surface area (Å²) in [6.07, 6.45) is -1.59. The zero-order chi connectivity index (χ0) is 24.9. The molecule has 0 aliphatic carbocycles. The zero-order valence-electron chi connectivity index (χ0n) is 21.5. The van der Waals surface area contributed by atoms with Crippen molar-refractivity contribution in [2.45, 2.75) is 109 Å². The summed E-state index contributed by atoms with van der Waals surface area (Å²) < 4.78 is 36.5. The molecule has 1 fully saturated rings. The molecule has 0 bridgehead atoms. The van der Waals surface area contributed by atoms with E-state index in [1.165, 1.54) is 19.2 Å².